The highest BCUT2D eigenvalue weighted by Gasteiger charge is 2.01. The number of carbonyl (C=O) groups excluding carboxylic acids is 1. The van der Waals surface area contributed by atoms with E-state index in [0.717, 1.165) is 13.1 Å². The van der Waals surface area contributed by atoms with Crippen LogP contribution in [-0.4, -0.2) is 19.5 Å². The van der Waals surface area contributed by atoms with E-state index in [1.807, 2.05) is 24.3 Å². The fraction of sp³-hybridized carbons (Fsp3) is 0.588. The summed E-state index contributed by atoms with van der Waals surface area (Å²) in [7, 11) is 1.65. The molecule has 0 bridgehead atoms. The smallest absolute Gasteiger partial charge is 0.251 e. The second-order valence-electron chi connectivity index (χ2n) is 5.22. The van der Waals surface area contributed by atoms with Crippen molar-refractivity contribution in [1.82, 2.24) is 10.6 Å². The molecular weight excluding hydrogens is 248 g/mol. The molecule has 1 rings (SSSR count). The van der Waals surface area contributed by atoms with Crippen molar-refractivity contribution in [2.24, 2.45) is 0 Å². The first-order chi connectivity index (χ1) is 9.77. The van der Waals surface area contributed by atoms with Crippen molar-refractivity contribution in [3.05, 3.63) is 35.4 Å². The molecule has 20 heavy (non-hydrogen) atoms. The van der Waals surface area contributed by atoms with Crippen LogP contribution in [0, 0.1) is 0 Å². The minimum absolute atomic E-state index is 0.0309. The highest BCUT2D eigenvalue weighted by Crippen LogP contribution is 2.06. The monoisotopic (exact) mass is 276 g/mol. The molecule has 0 aliphatic carbocycles. The number of benzene rings is 1. The first kappa shape index (κ1) is 16.7. The van der Waals surface area contributed by atoms with Crippen molar-refractivity contribution in [3.63, 3.8) is 0 Å². The number of hydrogen-bond donors (Lipinski definition) is 2. The average Bonchev–Trinajstić information content (AvgIpc) is 2.50. The van der Waals surface area contributed by atoms with Crippen LogP contribution in [-0.2, 0) is 6.54 Å². The molecule has 0 spiro atoms. The quantitative estimate of drug-likeness (QED) is 0.642. The summed E-state index contributed by atoms with van der Waals surface area (Å²) in [6, 6.07) is 7.78. The fourth-order valence-electron chi connectivity index (χ4n) is 2.18. The SMILES string of the molecule is CCCCCCCCNCc1ccc(C(=O)NC)cc1. The molecule has 0 fully saturated rings. The summed E-state index contributed by atoms with van der Waals surface area (Å²) < 4.78 is 0. The lowest BCUT2D eigenvalue weighted by molar-refractivity contribution is 0.0963. The van der Waals surface area contributed by atoms with E-state index in [4.69, 9.17) is 0 Å². The van der Waals surface area contributed by atoms with Crippen molar-refractivity contribution < 1.29 is 4.79 Å². The third-order valence-electron chi connectivity index (χ3n) is 3.48. The van der Waals surface area contributed by atoms with Crippen molar-refractivity contribution in [1.29, 1.82) is 0 Å². The summed E-state index contributed by atoms with van der Waals surface area (Å²) >= 11 is 0. The number of unbranched alkanes of at least 4 members (excludes halogenated alkanes) is 5. The molecule has 0 aliphatic rings. The first-order valence-electron chi connectivity index (χ1n) is 7.79. The molecule has 0 saturated heterocycles. The van der Waals surface area contributed by atoms with E-state index in [9.17, 15) is 4.79 Å². The molecule has 0 unspecified atom stereocenters. The summed E-state index contributed by atoms with van der Waals surface area (Å²) in [5, 5.41) is 6.08. The Bertz CT molecular complexity index is 373. The summed E-state index contributed by atoms with van der Waals surface area (Å²) in [5.41, 5.74) is 1.94. The summed E-state index contributed by atoms with van der Waals surface area (Å²) in [6.07, 6.45) is 7.98. The van der Waals surface area contributed by atoms with Gasteiger partial charge in [-0.1, -0.05) is 51.2 Å². The number of rotatable bonds is 10. The van der Waals surface area contributed by atoms with Crippen molar-refractivity contribution >= 4 is 5.91 Å². The lowest BCUT2D eigenvalue weighted by Crippen LogP contribution is -2.18. The standard InChI is InChI=1S/C17H28N2O/c1-3-4-5-6-7-8-13-19-14-15-9-11-16(12-10-15)17(20)18-2/h9-12,19H,3-8,13-14H2,1-2H3,(H,18,20). The van der Waals surface area contributed by atoms with Gasteiger partial charge in [-0.3, -0.25) is 4.79 Å². The maximum atomic E-state index is 11.4. The van der Waals surface area contributed by atoms with Crippen LogP contribution < -0.4 is 10.6 Å². The molecule has 0 heterocycles. The normalized spacial score (nSPS) is 10.5. The number of hydrogen-bond acceptors (Lipinski definition) is 2. The zero-order valence-electron chi connectivity index (χ0n) is 12.9. The largest absolute Gasteiger partial charge is 0.355 e. The van der Waals surface area contributed by atoms with E-state index < -0.39 is 0 Å². The van der Waals surface area contributed by atoms with Gasteiger partial charge in [0.15, 0.2) is 0 Å². The van der Waals surface area contributed by atoms with Gasteiger partial charge in [0.05, 0.1) is 0 Å². The van der Waals surface area contributed by atoms with E-state index in [1.54, 1.807) is 7.05 Å². The average molecular weight is 276 g/mol. The molecule has 1 aromatic rings. The molecule has 1 aromatic carbocycles. The van der Waals surface area contributed by atoms with Gasteiger partial charge in [-0.25, -0.2) is 0 Å². The van der Waals surface area contributed by atoms with Gasteiger partial charge >= 0.3 is 0 Å². The van der Waals surface area contributed by atoms with Crippen molar-refractivity contribution in [2.75, 3.05) is 13.6 Å². The van der Waals surface area contributed by atoms with Crippen LogP contribution in [0.2, 0.25) is 0 Å². The van der Waals surface area contributed by atoms with Gasteiger partial charge in [0.2, 0.25) is 0 Å². The van der Waals surface area contributed by atoms with Crippen LogP contribution in [0.15, 0.2) is 24.3 Å². The van der Waals surface area contributed by atoms with Gasteiger partial charge in [0.1, 0.15) is 0 Å². The topological polar surface area (TPSA) is 41.1 Å². The summed E-state index contributed by atoms with van der Waals surface area (Å²) in [5.74, 6) is -0.0309. The van der Waals surface area contributed by atoms with E-state index in [-0.39, 0.29) is 5.91 Å². The number of amides is 1. The van der Waals surface area contributed by atoms with Crippen LogP contribution in [0.1, 0.15) is 61.4 Å². The Hall–Kier alpha value is -1.35. The third-order valence-corrected chi connectivity index (χ3v) is 3.48. The molecule has 3 nitrogen and oxygen atoms in total. The Balaban J connectivity index is 2.11. The van der Waals surface area contributed by atoms with Gasteiger partial charge in [-0.05, 0) is 30.7 Å². The Morgan fingerprint density at radius 3 is 2.30 bits per heavy atom. The number of nitrogens with one attached hydrogen (secondary N) is 2. The van der Waals surface area contributed by atoms with Crippen LogP contribution in [0.4, 0.5) is 0 Å². The molecule has 2 N–H and O–H groups in total. The van der Waals surface area contributed by atoms with Gasteiger partial charge in [-0.15, -0.1) is 0 Å². The minimum Gasteiger partial charge on any atom is -0.355 e. The molecule has 0 radical (unpaired) electrons. The summed E-state index contributed by atoms with van der Waals surface area (Å²) in [4.78, 5) is 11.4. The number of carbonyl (C=O) groups is 1. The Kier molecular flexibility index (Phi) is 8.72. The Morgan fingerprint density at radius 1 is 1.00 bits per heavy atom. The predicted octanol–water partition coefficient (Wildman–Crippen LogP) is 3.50. The molecule has 0 atom stereocenters. The van der Waals surface area contributed by atoms with Gasteiger partial charge in [0, 0.05) is 19.2 Å². The maximum absolute atomic E-state index is 11.4. The highest BCUT2D eigenvalue weighted by atomic mass is 16.1. The van der Waals surface area contributed by atoms with Crippen LogP contribution in [0.5, 0.6) is 0 Å². The Labute approximate surface area is 123 Å². The molecule has 0 aromatic heterocycles. The highest BCUT2D eigenvalue weighted by molar-refractivity contribution is 5.93. The van der Waals surface area contributed by atoms with Crippen LogP contribution in [0.25, 0.3) is 0 Å². The first-order valence-corrected chi connectivity index (χ1v) is 7.79. The lowest BCUT2D eigenvalue weighted by Gasteiger charge is -2.06. The maximum Gasteiger partial charge on any atom is 0.251 e. The zero-order valence-corrected chi connectivity index (χ0v) is 12.9. The third kappa shape index (κ3) is 6.71. The molecule has 1 amide bonds. The van der Waals surface area contributed by atoms with Crippen molar-refractivity contribution in [2.45, 2.75) is 52.0 Å². The molecule has 0 aliphatic heterocycles. The van der Waals surface area contributed by atoms with Gasteiger partial charge in [-0.2, -0.15) is 0 Å². The molecule has 0 saturated carbocycles. The Morgan fingerprint density at radius 2 is 1.65 bits per heavy atom. The minimum atomic E-state index is -0.0309. The fourth-order valence-corrected chi connectivity index (χ4v) is 2.18. The molecular formula is C17H28N2O. The van der Waals surface area contributed by atoms with Crippen LogP contribution >= 0.6 is 0 Å². The van der Waals surface area contributed by atoms with Crippen LogP contribution in [0.3, 0.4) is 0 Å². The van der Waals surface area contributed by atoms with Gasteiger partial charge < -0.3 is 10.6 Å². The lowest BCUT2D eigenvalue weighted by atomic mass is 10.1. The summed E-state index contributed by atoms with van der Waals surface area (Å²) in [6.45, 7) is 4.20. The van der Waals surface area contributed by atoms with Crippen molar-refractivity contribution in [3.8, 4) is 0 Å². The van der Waals surface area contributed by atoms with Gasteiger partial charge in [0.25, 0.3) is 5.91 Å². The van der Waals surface area contributed by atoms with E-state index in [2.05, 4.69) is 17.6 Å². The van der Waals surface area contributed by atoms with E-state index >= 15 is 0 Å². The van der Waals surface area contributed by atoms with E-state index in [0.29, 0.717) is 5.56 Å². The second-order valence-corrected chi connectivity index (χ2v) is 5.22. The van der Waals surface area contributed by atoms with E-state index in [1.165, 1.54) is 44.1 Å². The molecule has 112 valence electrons. The molecule has 3 heteroatoms. The second kappa shape index (κ2) is 10.4. The zero-order chi connectivity index (χ0) is 14.6. The predicted molar refractivity (Wildman–Crippen MR) is 84.9 cm³/mol.